The molecule has 0 aromatic rings. The van der Waals surface area contributed by atoms with Crippen molar-refractivity contribution >= 4 is 0 Å². The van der Waals surface area contributed by atoms with Crippen LogP contribution in [0.25, 0.3) is 0 Å². The first-order valence-corrected chi connectivity index (χ1v) is 2.47. The molecule has 0 saturated carbocycles. The summed E-state index contributed by atoms with van der Waals surface area (Å²) in [7, 11) is 6.16. The van der Waals surface area contributed by atoms with E-state index in [2.05, 4.69) is 21.1 Å². The van der Waals surface area contributed by atoms with Crippen LogP contribution in [0.3, 0.4) is 0 Å². The molecule has 60 valence electrons. The Hall–Kier alpha value is -0.190. The first-order valence-electron chi connectivity index (χ1n) is 2.47. The Morgan fingerprint density at radius 2 is 1.56 bits per heavy atom. The summed E-state index contributed by atoms with van der Waals surface area (Å²) >= 11 is 0. The number of likely N-dealkylation sites (N-methyl/N-ethyl adjacent to an activating group) is 1. The van der Waals surface area contributed by atoms with Crippen molar-refractivity contribution in [2.75, 3.05) is 34.3 Å². The quantitative estimate of drug-likeness (QED) is 0.532. The van der Waals surface area contributed by atoms with Gasteiger partial charge < -0.3 is 15.7 Å². The second-order valence-corrected chi connectivity index (χ2v) is 2.74. The largest absolute Gasteiger partial charge is 0.391 e. The molecule has 0 aliphatic heterocycles. The van der Waals surface area contributed by atoms with E-state index in [1.165, 1.54) is 0 Å². The molecule has 0 atom stereocenters. The van der Waals surface area contributed by atoms with Crippen LogP contribution >= 0.6 is 0 Å². The van der Waals surface area contributed by atoms with Gasteiger partial charge in [0.25, 0.3) is 0 Å². The van der Waals surface area contributed by atoms with Gasteiger partial charge in [0.2, 0.25) is 0 Å². The third-order valence-electron chi connectivity index (χ3n) is 0.771. The van der Waals surface area contributed by atoms with E-state index in [0.717, 1.165) is 11.0 Å². The fourth-order valence-corrected chi connectivity index (χ4v) is 0.300. The lowest BCUT2D eigenvalue weighted by atomic mass is 10.5. The first kappa shape index (κ1) is 15.9. The van der Waals surface area contributed by atoms with Crippen LogP contribution in [0.2, 0.25) is 0 Å². The van der Waals surface area contributed by atoms with Gasteiger partial charge in [-0.05, 0) is 0 Å². The minimum Gasteiger partial charge on any atom is -0.391 e. The summed E-state index contributed by atoms with van der Waals surface area (Å²) in [4.78, 5) is 0. The minimum atomic E-state index is 0. The molecule has 0 spiro atoms. The Bertz CT molecular complexity index is 53.4. The zero-order valence-electron chi connectivity index (χ0n) is 6.42. The third kappa shape index (κ3) is 18.2. The number of rotatable bonds is 2. The molecule has 0 rings (SSSR count). The highest BCUT2D eigenvalue weighted by atomic mass is 19.0. The number of aliphatic hydroxyl groups is 1. The summed E-state index contributed by atoms with van der Waals surface area (Å²) < 4.78 is 0.844. The third-order valence-corrected chi connectivity index (χ3v) is 0.771. The van der Waals surface area contributed by atoms with Gasteiger partial charge in [0, 0.05) is 0 Å². The van der Waals surface area contributed by atoms with Gasteiger partial charge in [0.05, 0.1) is 27.7 Å². The Balaban J connectivity index is -0.000000180. The summed E-state index contributed by atoms with van der Waals surface area (Å²) in [6.45, 7) is 1.11. The van der Waals surface area contributed by atoms with Crippen LogP contribution in [0.5, 0.6) is 0 Å². The van der Waals surface area contributed by atoms with Crippen molar-refractivity contribution in [3.05, 3.63) is 0 Å². The Morgan fingerprint density at radius 1 is 1.22 bits per heavy atom. The van der Waals surface area contributed by atoms with Gasteiger partial charge >= 0.3 is 0 Å². The maximum atomic E-state index is 8.39. The van der Waals surface area contributed by atoms with E-state index in [4.69, 9.17) is 5.11 Å². The van der Waals surface area contributed by atoms with E-state index >= 15 is 0 Å². The van der Waals surface area contributed by atoms with Gasteiger partial charge in [0.1, 0.15) is 6.54 Å². The number of halogens is 1. The van der Waals surface area contributed by atoms with Crippen LogP contribution < -0.4 is 6.15 Å². The number of aliphatic hydroxyl groups excluding tert-OH is 1. The van der Waals surface area contributed by atoms with Crippen LogP contribution in [0, 0.1) is 0 Å². The zero-order chi connectivity index (χ0) is 5.91. The molecule has 0 aromatic heterocycles. The summed E-state index contributed by atoms with van der Waals surface area (Å²) in [6.07, 6.45) is 0. The van der Waals surface area contributed by atoms with Crippen molar-refractivity contribution in [3.63, 3.8) is 0 Å². The summed E-state index contributed by atoms with van der Waals surface area (Å²) in [6, 6.07) is 0. The molecule has 4 heteroatoms. The predicted octanol–water partition coefficient (Wildman–Crippen LogP) is -0.000600. The normalized spacial score (nSPS) is 9.33. The maximum absolute atomic E-state index is 8.39. The SMILES string of the molecule is C[N+](C)(C)CCO.F.N. The molecule has 0 aliphatic rings. The van der Waals surface area contributed by atoms with E-state index in [0.29, 0.717) is 0 Å². The molecule has 0 saturated heterocycles. The second-order valence-electron chi connectivity index (χ2n) is 2.74. The van der Waals surface area contributed by atoms with Crippen LogP contribution in [0.1, 0.15) is 0 Å². The van der Waals surface area contributed by atoms with Crippen molar-refractivity contribution in [3.8, 4) is 0 Å². The minimum absolute atomic E-state index is 0. The molecule has 0 unspecified atom stereocenters. The molecular weight excluding hydrogens is 123 g/mol. The average Bonchev–Trinajstić information content (AvgIpc) is 1.30. The highest BCUT2D eigenvalue weighted by Crippen LogP contribution is 1.84. The molecule has 0 aliphatic carbocycles. The lowest BCUT2D eigenvalue weighted by Gasteiger charge is -2.21. The van der Waals surface area contributed by atoms with Crippen LogP contribution in [0.4, 0.5) is 4.70 Å². The molecule has 9 heavy (non-hydrogen) atoms. The molecule has 0 amide bonds. The number of hydrogen-bond acceptors (Lipinski definition) is 2. The Labute approximate surface area is 55.8 Å². The molecule has 0 heterocycles. The van der Waals surface area contributed by atoms with Gasteiger partial charge in [-0.15, -0.1) is 0 Å². The Morgan fingerprint density at radius 3 is 1.56 bits per heavy atom. The fraction of sp³-hybridized carbons (Fsp3) is 1.00. The average molecular weight is 141 g/mol. The van der Waals surface area contributed by atoms with Crippen molar-refractivity contribution in [1.29, 1.82) is 0 Å². The standard InChI is InChI=1S/C5H14NO.FH.H3N/c1-6(2,3)4-5-7;;/h7H,4-5H2,1-3H3;1H;1H3/q+1;;. The van der Waals surface area contributed by atoms with Crippen molar-refractivity contribution in [1.82, 2.24) is 6.15 Å². The summed E-state index contributed by atoms with van der Waals surface area (Å²) in [5, 5.41) is 8.39. The van der Waals surface area contributed by atoms with Crippen LogP contribution in [-0.4, -0.2) is 43.9 Å². The first-order chi connectivity index (χ1) is 3.06. The molecule has 0 radical (unpaired) electrons. The van der Waals surface area contributed by atoms with E-state index in [1.807, 2.05) is 0 Å². The number of hydrogen-bond donors (Lipinski definition) is 2. The second kappa shape index (κ2) is 5.94. The van der Waals surface area contributed by atoms with Crippen molar-refractivity contribution in [2.24, 2.45) is 0 Å². The van der Waals surface area contributed by atoms with Gasteiger partial charge in [-0.25, -0.2) is 0 Å². The molecule has 4 N–H and O–H groups in total. The molecule has 0 fully saturated rings. The molecular formula is C5H18FN2O+. The highest BCUT2D eigenvalue weighted by molar-refractivity contribution is 4.19. The van der Waals surface area contributed by atoms with Gasteiger partial charge in [-0.3, -0.25) is 4.70 Å². The maximum Gasteiger partial charge on any atom is 0.101 e. The predicted molar refractivity (Wildman–Crippen MR) is 37.5 cm³/mol. The van der Waals surface area contributed by atoms with Crippen LogP contribution in [-0.2, 0) is 0 Å². The smallest absolute Gasteiger partial charge is 0.101 e. The Kier molecular flexibility index (Phi) is 10.5. The molecule has 3 nitrogen and oxygen atoms in total. The molecule has 0 bridgehead atoms. The van der Waals surface area contributed by atoms with Crippen LogP contribution in [0.15, 0.2) is 0 Å². The van der Waals surface area contributed by atoms with Gasteiger partial charge in [0.15, 0.2) is 0 Å². The number of nitrogens with zero attached hydrogens (tertiary/aromatic N) is 1. The fourth-order valence-electron chi connectivity index (χ4n) is 0.300. The number of quaternary nitrogens is 1. The van der Waals surface area contributed by atoms with Gasteiger partial charge in [-0.1, -0.05) is 0 Å². The van der Waals surface area contributed by atoms with E-state index in [1.54, 1.807) is 0 Å². The lowest BCUT2D eigenvalue weighted by Crippen LogP contribution is -2.36. The lowest BCUT2D eigenvalue weighted by molar-refractivity contribution is -0.870. The topological polar surface area (TPSA) is 55.2 Å². The van der Waals surface area contributed by atoms with Crippen molar-refractivity contribution < 1.29 is 14.3 Å². The highest BCUT2D eigenvalue weighted by Gasteiger charge is 2.02. The summed E-state index contributed by atoms with van der Waals surface area (Å²) in [5.41, 5.74) is 0. The summed E-state index contributed by atoms with van der Waals surface area (Å²) in [5.74, 6) is 0. The van der Waals surface area contributed by atoms with Crippen molar-refractivity contribution in [2.45, 2.75) is 0 Å². The molecule has 0 aromatic carbocycles. The van der Waals surface area contributed by atoms with E-state index in [9.17, 15) is 0 Å². The van der Waals surface area contributed by atoms with Gasteiger partial charge in [-0.2, -0.15) is 0 Å². The monoisotopic (exact) mass is 141 g/mol. The van der Waals surface area contributed by atoms with E-state index in [-0.39, 0.29) is 17.5 Å². The zero-order valence-corrected chi connectivity index (χ0v) is 6.42. The van der Waals surface area contributed by atoms with E-state index < -0.39 is 0 Å².